The SMILES string of the molecule is CC=C(C)C(=O)OC1(C)CC=C2CSSCC3C(CNC)CN3C(=O)Cc3cnc(N)cc3C2C12Cc1cc3cc(C4(C(CO)CCCO)CCCCC4)c(=O)oc3cc1O2. The first kappa shape index (κ1) is 43.8. The maximum absolute atomic E-state index is 14.2. The summed E-state index contributed by atoms with van der Waals surface area (Å²) in [4.78, 5) is 48.7. The Hall–Kier alpha value is -3.82. The van der Waals surface area contributed by atoms with Crippen LogP contribution in [-0.4, -0.2) is 94.1 Å². The largest absolute Gasteiger partial charge is 0.481 e. The van der Waals surface area contributed by atoms with Crippen molar-refractivity contribution in [2.75, 3.05) is 50.6 Å². The van der Waals surface area contributed by atoms with E-state index in [4.69, 9.17) is 19.6 Å². The highest BCUT2D eigenvalue weighted by atomic mass is 33.1. The Balaban J connectivity index is 1.27. The third-order valence-electron chi connectivity index (χ3n) is 14.6. The summed E-state index contributed by atoms with van der Waals surface area (Å²) in [6.07, 6.45) is 12.1. The summed E-state index contributed by atoms with van der Waals surface area (Å²) in [6.45, 7) is 6.97. The molecule has 1 saturated heterocycles. The van der Waals surface area contributed by atoms with E-state index in [1.54, 1.807) is 46.9 Å². The lowest BCUT2D eigenvalue weighted by Gasteiger charge is -2.52. The number of benzene rings is 1. The summed E-state index contributed by atoms with van der Waals surface area (Å²) in [7, 11) is 5.48. The molecule has 12 nitrogen and oxygen atoms in total. The van der Waals surface area contributed by atoms with Gasteiger partial charge in [0.05, 0.1) is 12.3 Å². The Labute approximate surface area is 365 Å². The zero-order valence-corrected chi connectivity index (χ0v) is 37.4. The molecule has 5 aliphatic rings. The zero-order valence-electron chi connectivity index (χ0n) is 35.8. The first-order valence-corrected chi connectivity index (χ1v) is 24.4. The van der Waals surface area contributed by atoms with Gasteiger partial charge in [0.25, 0.3) is 0 Å². The number of nitrogen functional groups attached to an aromatic ring is 1. The van der Waals surface area contributed by atoms with Gasteiger partial charge in [0.2, 0.25) is 5.91 Å². The number of anilines is 1. The Morgan fingerprint density at radius 1 is 1.15 bits per heavy atom. The summed E-state index contributed by atoms with van der Waals surface area (Å²) in [5, 5.41) is 24.5. The van der Waals surface area contributed by atoms with Crippen molar-refractivity contribution in [1.29, 1.82) is 0 Å². The molecule has 1 saturated carbocycles. The van der Waals surface area contributed by atoms with E-state index in [2.05, 4.69) is 16.4 Å². The van der Waals surface area contributed by atoms with Crippen LogP contribution in [0.15, 0.2) is 63.0 Å². The third kappa shape index (κ3) is 7.82. The van der Waals surface area contributed by atoms with Crippen LogP contribution >= 0.6 is 21.6 Å². The maximum Gasteiger partial charge on any atom is 0.340 e. The molecule has 5 heterocycles. The van der Waals surface area contributed by atoms with Crippen molar-refractivity contribution in [3.05, 3.63) is 86.4 Å². The molecule has 6 unspecified atom stereocenters. The van der Waals surface area contributed by atoms with Gasteiger partial charge in [-0.15, -0.1) is 0 Å². The smallest absolute Gasteiger partial charge is 0.340 e. The first-order valence-electron chi connectivity index (χ1n) is 21.9. The lowest BCUT2D eigenvalue weighted by Crippen LogP contribution is -2.64. The summed E-state index contributed by atoms with van der Waals surface area (Å²) in [5.74, 6) is 1.59. The number of carbonyl (C=O) groups excluding carboxylic acids is 2. The number of amides is 1. The number of nitrogens with one attached hydrogen (secondary N) is 1. The normalized spacial score (nSPS) is 27.9. The van der Waals surface area contributed by atoms with Crippen molar-refractivity contribution in [3.8, 4) is 5.75 Å². The molecule has 2 fully saturated rings. The Kier molecular flexibility index (Phi) is 12.7. The number of aliphatic hydroxyl groups is 2. The van der Waals surface area contributed by atoms with Crippen molar-refractivity contribution in [1.82, 2.24) is 15.2 Å². The van der Waals surface area contributed by atoms with E-state index in [0.717, 1.165) is 72.1 Å². The monoisotopic (exact) mass is 872 g/mol. The van der Waals surface area contributed by atoms with Gasteiger partial charge < -0.3 is 40.1 Å². The number of aliphatic hydroxyl groups excluding tert-OH is 2. The second-order valence-electron chi connectivity index (χ2n) is 18.0. The number of hydrogen-bond donors (Lipinski definition) is 4. The van der Waals surface area contributed by atoms with E-state index in [1.807, 2.05) is 44.0 Å². The molecule has 0 bridgehead atoms. The minimum atomic E-state index is -1.21. The van der Waals surface area contributed by atoms with Crippen molar-refractivity contribution in [2.24, 2.45) is 11.8 Å². The van der Waals surface area contributed by atoms with Crippen molar-refractivity contribution >= 4 is 50.3 Å². The molecule has 2 aromatic heterocycles. The number of carbonyl (C=O) groups is 2. The van der Waals surface area contributed by atoms with E-state index >= 15 is 0 Å². The molecule has 1 amide bonds. The molecule has 3 aliphatic heterocycles. The predicted molar refractivity (Wildman–Crippen MR) is 241 cm³/mol. The van der Waals surface area contributed by atoms with Crippen LogP contribution in [0, 0.1) is 11.8 Å². The highest BCUT2D eigenvalue weighted by Crippen LogP contribution is 2.59. The Morgan fingerprint density at radius 3 is 2.69 bits per heavy atom. The van der Waals surface area contributed by atoms with Gasteiger partial charge in [-0.1, -0.05) is 58.6 Å². The maximum atomic E-state index is 14.2. The quantitative estimate of drug-likeness (QED) is 0.0580. The molecule has 328 valence electrons. The van der Waals surface area contributed by atoms with Crippen molar-refractivity contribution in [3.63, 3.8) is 0 Å². The second kappa shape index (κ2) is 17.7. The number of aromatic nitrogens is 1. The summed E-state index contributed by atoms with van der Waals surface area (Å²) in [6, 6.07) is 7.79. The first-order chi connectivity index (χ1) is 29.4. The molecular formula is C47H60N4O8S2. The van der Waals surface area contributed by atoms with E-state index in [-0.39, 0.29) is 37.5 Å². The van der Waals surface area contributed by atoms with Crippen LogP contribution in [0.1, 0.15) is 100 Å². The Bertz CT molecular complexity index is 2290. The highest BCUT2D eigenvalue weighted by molar-refractivity contribution is 8.76. The minimum absolute atomic E-state index is 0.0188. The predicted octanol–water partition coefficient (Wildman–Crippen LogP) is 6.39. The number of ether oxygens (including phenoxy) is 2. The van der Waals surface area contributed by atoms with E-state index < -0.39 is 34.1 Å². The number of esters is 1. The van der Waals surface area contributed by atoms with Gasteiger partial charge >= 0.3 is 11.6 Å². The van der Waals surface area contributed by atoms with E-state index in [1.165, 1.54) is 0 Å². The van der Waals surface area contributed by atoms with Gasteiger partial charge in [-0.3, -0.25) is 4.79 Å². The standard InChI is InChI=1S/C47H60N4O8S2/c1-5-28(2)43(55)59-45(3)14-11-29-26-60-61-27-37-33(22-49-4)24-51(37)41(54)18-32-23-50-40(48)19-35(32)42(29)47(45)21-31-16-30-17-36(44(56)57-38(30)20-39(31)58-47)46(12-7-6-8-13-46)34(25-53)10-9-15-52/h5,11,16-17,19-20,23,33-34,37,42,49,52-53H,6-10,12-15,18,21-22,24-27H2,1-4H3,(H2,48,50). The molecule has 1 aromatic carbocycles. The average molecular weight is 873 g/mol. The van der Waals surface area contributed by atoms with Crippen LogP contribution in [0.2, 0.25) is 0 Å². The van der Waals surface area contributed by atoms with E-state index in [9.17, 15) is 24.6 Å². The topological polar surface area (TPSA) is 177 Å². The molecule has 6 atom stereocenters. The zero-order chi connectivity index (χ0) is 43.1. The van der Waals surface area contributed by atoms with Crippen molar-refractivity contribution in [2.45, 2.75) is 114 Å². The number of pyridine rings is 1. The van der Waals surface area contributed by atoms with Crippen molar-refractivity contribution < 1.29 is 33.7 Å². The van der Waals surface area contributed by atoms with E-state index in [0.29, 0.717) is 72.2 Å². The molecule has 3 aromatic rings. The van der Waals surface area contributed by atoms with Crippen LogP contribution in [0.25, 0.3) is 11.0 Å². The van der Waals surface area contributed by atoms with Gasteiger partial charge in [0, 0.05) is 96.8 Å². The number of hydrogen-bond acceptors (Lipinski definition) is 13. The fourth-order valence-electron chi connectivity index (χ4n) is 11.1. The lowest BCUT2D eigenvalue weighted by atomic mass is 9.61. The van der Waals surface area contributed by atoms with Gasteiger partial charge in [0.1, 0.15) is 17.2 Å². The molecule has 0 radical (unpaired) electrons. The van der Waals surface area contributed by atoms with Gasteiger partial charge in [0.15, 0.2) is 11.2 Å². The molecule has 61 heavy (non-hydrogen) atoms. The fraction of sp³-hybridized carbons (Fsp3) is 0.574. The average Bonchev–Trinajstić information content (AvgIpc) is 3.62. The minimum Gasteiger partial charge on any atom is -0.481 e. The third-order valence-corrected chi connectivity index (χ3v) is 17.0. The molecule has 2 aliphatic carbocycles. The summed E-state index contributed by atoms with van der Waals surface area (Å²) in [5.41, 5.74) is 8.08. The number of rotatable bonds is 10. The summed E-state index contributed by atoms with van der Waals surface area (Å²) < 4.78 is 20.2. The molecule has 8 rings (SSSR count). The van der Waals surface area contributed by atoms with Crippen LogP contribution in [-0.2, 0) is 32.6 Å². The van der Waals surface area contributed by atoms with Crippen LogP contribution in [0.5, 0.6) is 5.75 Å². The van der Waals surface area contributed by atoms with Gasteiger partial charge in [-0.2, -0.15) is 0 Å². The second-order valence-corrected chi connectivity index (χ2v) is 20.6. The van der Waals surface area contributed by atoms with Crippen LogP contribution < -0.4 is 21.4 Å². The van der Waals surface area contributed by atoms with Crippen LogP contribution in [0.4, 0.5) is 5.82 Å². The fourth-order valence-corrected chi connectivity index (χ4v) is 13.6. The number of nitrogens with two attached hydrogens (primary N) is 1. The highest BCUT2D eigenvalue weighted by Gasteiger charge is 2.64. The molecule has 5 N–H and O–H groups in total. The van der Waals surface area contributed by atoms with Gasteiger partial charge in [-0.05, 0) is 94.3 Å². The number of fused-ring (bicyclic) bond motifs is 7. The van der Waals surface area contributed by atoms with Crippen LogP contribution in [0.3, 0.4) is 0 Å². The summed E-state index contributed by atoms with van der Waals surface area (Å²) >= 11 is 0. The number of allylic oxidation sites excluding steroid dienone is 1. The Morgan fingerprint density at radius 2 is 1.95 bits per heavy atom. The lowest BCUT2D eigenvalue weighted by molar-refractivity contribution is -0.183. The van der Waals surface area contributed by atoms with Gasteiger partial charge in [-0.25, -0.2) is 14.6 Å². The molecule has 14 heteroatoms. The number of nitrogens with zero attached hydrogens (tertiary/aromatic N) is 2. The molecular weight excluding hydrogens is 813 g/mol. The molecule has 1 spiro atoms.